The maximum atomic E-state index is 2.42. The van der Waals surface area contributed by atoms with Crippen molar-refractivity contribution in [2.24, 2.45) is 0 Å². The number of hydrogen-bond donors (Lipinski definition) is 0. The number of hydrogen-bond acceptors (Lipinski definition) is 3. The number of unbranched alkanes of at least 4 members (excludes halogenated alkanes) is 13. The van der Waals surface area contributed by atoms with Gasteiger partial charge >= 0.3 is 0 Å². The molecule has 24 heavy (non-hydrogen) atoms. The Kier molecular flexibility index (Phi) is 16.8. The summed E-state index contributed by atoms with van der Waals surface area (Å²) in [6.45, 7) is 3.53. The second kappa shape index (κ2) is 18.0. The molecule has 0 fully saturated rings. The highest BCUT2D eigenvalue weighted by molar-refractivity contribution is 8.02. The van der Waals surface area contributed by atoms with Crippen LogP contribution in [-0.2, 0) is 0 Å². The fraction of sp³-hybridized carbons (Fsp3) is 0.905. The van der Waals surface area contributed by atoms with E-state index in [4.69, 9.17) is 0 Å². The van der Waals surface area contributed by atoms with Gasteiger partial charge in [0.15, 0.2) is 0 Å². The average molecular weight is 372 g/mol. The maximum Gasteiger partial charge on any atom is 0.0675 e. The number of nitrogens with zero attached hydrogens (tertiary/aromatic N) is 1. The van der Waals surface area contributed by atoms with Crippen molar-refractivity contribution in [3.63, 3.8) is 0 Å². The number of rotatable bonds is 18. The molecule has 1 heterocycles. The molecule has 3 heteroatoms. The lowest BCUT2D eigenvalue weighted by atomic mass is 10.0. The summed E-state index contributed by atoms with van der Waals surface area (Å²) in [5.74, 6) is 3.82. The second-order valence-corrected chi connectivity index (χ2v) is 9.19. The molecule has 142 valence electrons. The van der Waals surface area contributed by atoms with Crippen molar-refractivity contribution in [2.45, 2.75) is 96.8 Å². The molecular formula is C21H41NS2. The van der Waals surface area contributed by atoms with Gasteiger partial charge in [-0.05, 0) is 17.6 Å². The summed E-state index contributed by atoms with van der Waals surface area (Å²) < 4.78 is 0. The van der Waals surface area contributed by atoms with Crippen LogP contribution in [0.4, 0.5) is 0 Å². The van der Waals surface area contributed by atoms with Crippen LogP contribution in [0.1, 0.15) is 96.8 Å². The molecule has 0 bridgehead atoms. The summed E-state index contributed by atoms with van der Waals surface area (Å²) in [6, 6.07) is 0. The zero-order valence-electron chi connectivity index (χ0n) is 16.1. The highest BCUT2D eigenvalue weighted by Gasteiger charge is 2.03. The molecule has 0 radical (unpaired) electrons. The van der Waals surface area contributed by atoms with Crippen molar-refractivity contribution in [1.82, 2.24) is 4.90 Å². The molecule has 1 rings (SSSR count). The minimum Gasteiger partial charge on any atom is -0.367 e. The van der Waals surface area contributed by atoms with Crippen LogP contribution in [0, 0.1) is 0 Å². The van der Waals surface area contributed by atoms with Crippen LogP contribution in [0.15, 0.2) is 11.6 Å². The Labute approximate surface area is 160 Å². The fourth-order valence-electron chi connectivity index (χ4n) is 3.13. The van der Waals surface area contributed by atoms with Gasteiger partial charge in [-0.1, -0.05) is 90.4 Å². The van der Waals surface area contributed by atoms with Crippen molar-refractivity contribution < 1.29 is 0 Å². The Morgan fingerprint density at radius 2 is 1.29 bits per heavy atom. The molecule has 1 nitrogen and oxygen atoms in total. The van der Waals surface area contributed by atoms with Crippen molar-refractivity contribution >= 4 is 23.5 Å². The summed E-state index contributed by atoms with van der Waals surface area (Å²) in [4.78, 5) is 2.42. The fourth-order valence-corrected chi connectivity index (χ4v) is 4.86. The van der Waals surface area contributed by atoms with Gasteiger partial charge in [0.1, 0.15) is 0 Å². The van der Waals surface area contributed by atoms with E-state index in [0.29, 0.717) is 0 Å². The molecule has 0 saturated carbocycles. The predicted molar refractivity (Wildman–Crippen MR) is 116 cm³/mol. The molecule has 0 N–H and O–H groups in total. The standard InChI is InChI=1S/C21H41NS2/c1-2-3-4-5-6-7-8-9-10-11-12-13-14-15-18-23-19-16-22-17-20-24-21-22/h17,20H,2-16,18-19,21H2,1H3. The first kappa shape index (κ1) is 22.3. The van der Waals surface area contributed by atoms with Crippen molar-refractivity contribution in [3.05, 3.63) is 11.6 Å². The minimum absolute atomic E-state index is 1.17. The zero-order chi connectivity index (χ0) is 17.1. The summed E-state index contributed by atoms with van der Waals surface area (Å²) in [5, 5.41) is 2.21. The van der Waals surface area contributed by atoms with Crippen LogP contribution in [0.25, 0.3) is 0 Å². The monoisotopic (exact) mass is 371 g/mol. The Balaban J connectivity index is 1.64. The van der Waals surface area contributed by atoms with Crippen LogP contribution in [0.5, 0.6) is 0 Å². The first-order valence-corrected chi connectivity index (χ1v) is 12.7. The molecular weight excluding hydrogens is 330 g/mol. The van der Waals surface area contributed by atoms with Crippen LogP contribution < -0.4 is 0 Å². The third-order valence-corrected chi connectivity index (χ3v) is 6.62. The van der Waals surface area contributed by atoms with Gasteiger partial charge in [0, 0.05) is 18.5 Å². The van der Waals surface area contributed by atoms with E-state index in [-0.39, 0.29) is 0 Å². The lowest BCUT2D eigenvalue weighted by Gasteiger charge is -2.13. The van der Waals surface area contributed by atoms with E-state index in [1.54, 1.807) is 0 Å². The van der Waals surface area contributed by atoms with Gasteiger partial charge in [-0.3, -0.25) is 0 Å². The molecule has 0 saturated heterocycles. The first-order valence-electron chi connectivity index (χ1n) is 10.5. The first-order chi connectivity index (χ1) is 11.9. The largest absolute Gasteiger partial charge is 0.367 e. The molecule has 0 aromatic rings. The zero-order valence-corrected chi connectivity index (χ0v) is 17.8. The Morgan fingerprint density at radius 3 is 1.79 bits per heavy atom. The van der Waals surface area contributed by atoms with E-state index in [2.05, 4.69) is 35.2 Å². The van der Waals surface area contributed by atoms with E-state index in [1.165, 1.54) is 114 Å². The van der Waals surface area contributed by atoms with Gasteiger partial charge < -0.3 is 4.90 Å². The quantitative estimate of drug-likeness (QED) is 0.227. The van der Waals surface area contributed by atoms with Gasteiger partial charge in [0.05, 0.1) is 5.88 Å². The lowest BCUT2D eigenvalue weighted by molar-refractivity contribution is 0.478. The third-order valence-electron chi connectivity index (χ3n) is 4.77. The van der Waals surface area contributed by atoms with Gasteiger partial charge in [-0.15, -0.1) is 11.8 Å². The lowest BCUT2D eigenvalue weighted by Crippen LogP contribution is -2.16. The molecule has 0 atom stereocenters. The third kappa shape index (κ3) is 14.6. The van der Waals surface area contributed by atoms with E-state index < -0.39 is 0 Å². The summed E-state index contributed by atoms with van der Waals surface area (Å²) in [6.07, 6.45) is 22.6. The molecule has 0 aromatic heterocycles. The second-order valence-electron chi connectivity index (χ2n) is 7.10. The molecule has 0 amide bonds. The van der Waals surface area contributed by atoms with Crippen molar-refractivity contribution in [2.75, 3.05) is 23.9 Å². The number of thioether (sulfide) groups is 2. The van der Waals surface area contributed by atoms with E-state index in [0.717, 1.165) is 0 Å². The molecule has 0 aliphatic carbocycles. The molecule has 0 aromatic carbocycles. The van der Waals surface area contributed by atoms with Crippen LogP contribution in [0.2, 0.25) is 0 Å². The summed E-state index contributed by atoms with van der Waals surface area (Å²) in [5.41, 5.74) is 0. The van der Waals surface area contributed by atoms with E-state index in [1.807, 2.05) is 11.8 Å². The van der Waals surface area contributed by atoms with Crippen LogP contribution >= 0.6 is 23.5 Å². The topological polar surface area (TPSA) is 3.24 Å². The smallest absolute Gasteiger partial charge is 0.0675 e. The molecule has 1 aliphatic rings. The minimum atomic E-state index is 1.17. The molecule has 1 aliphatic heterocycles. The van der Waals surface area contributed by atoms with Crippen molar-refractivity contribution in [3.8, 4) is 0 Å². The molecule has 0 spiro atoms. The SMILES string of the molecule is CCCCCCCCCCCCCCCCSCCN1C=CSC1. The van der Waals surface area contributed by atoms with E-state index in [9.17, 15) is 0 Å². The Hall–Kier alpha value is 0.240. The van der Waals surface area contributed by atoms with Gasteiger partial charge in [-0.2, -0.15) is 11.8 Å². The average Bonchev–Trinajstić information content (AvgIpc) is 3.11. The van der Waals surface area contributed by atoms with Gasteiger partial charge in [-0.25, -0.2) is 0 Å². The van der Waals surface area contributed by atoms with Gasteiger partial charge in [0.25, 0.3) is 0 Å². The summed E-state index contributed by atoms with van der Waals surface area (Å²) in [7, 11) is 0. The van der Waals surface area contributed by atoms with E-state index >= 15 is 0 Å². The van der Waals surface area contributed by atoms with Gasteiger partial charge in [0.2, 0.25) is 0 Å². The Bertz CT molecular complexity index is 281. The van der Waals surface area contributed by atoms with Crippen LogP contribution in [0.3, 0.4) is 0 Å². The maximum absolute atomic E-state index is 2.42. The highest BCUT2D eigenvalue weighted by Crippen LogP contribution is 2.16. The van der Waals surface area contributed by atoms with Crippen LogP contribution in [-0.4, -0.2) is 28.8 Å². The predicted octanol–water partition coefficient (Wildman–Crippen LogP) is 7.68. The molecule has 0 unspecified atom stereocenters. The highest BCUT2D eigenvalue weighted by atomic mass is 32.2. The van der Waals surface area contributed by atoms with Crippen molar-refractivity contribution in [1.29, 1.82) is 0 Å². The Morgan fingerprint density at radius 1 is 0.750 bits per heavy atom. The summed E-state index contributed by atoms with van der Waals surface area (Å²) >= 11 is 4.05. The normalized spacial score (nSPS) is 14.0.